The summed E-state index contributed by atoms with van der Waals surface area (Å²) in [5.74, 6) is 0.718. The Balaban J connectivity index is 1.64. The molecule has 3 rings (SSSR count). The lowest BCUT2D eigenvalue weighted by Gasteiger charge is -2.50. The van der Waals surface area contributed by atoms with Gasteiger partial charge in [0.05, 0.1) is 19.3 Å². The Kier molecular flexibility index (Phi) is 5.04. The van der Waals surface area contributed by atoms with E-state index in [-0.39, 0.29) is 17.6 Å². The van der Waals surface area contributed by atoms with E-state index in [0.717, 1.165) is 19.3 Å². The lowest BCUT2D eigenvalue weighted by atomic mass is 9.77. The summed E-state index contributed by atoms with van der Waals surface area (Å²) in [7, 11) is 3.47. The van der Waals surface area contributed by atoms with Crippen molar-refractivity contribution < 1.29 is 19.4 Å². The first-order chi connectivity index (χ1) is 11.9. The highest BCUT2D eigenvalue weighted by atomic mass is 16.5. The average molecular weight is 348 g/mol. The van der Waals surface area contributed by atoms with E-state index in [1.54, 1.807) is 13.2 Å². The number of ether oxygens (including phenoxy) is 2. The topological polar surface area (TPSA) is 71.0 Å². The van der Waals surface area contributed by atoms with Crippen molar-refractivity contribution in [2.75, 3.05) is 33.9 Å². The van der Waals surface area contributed by atoms with Crippen molar-refractivity contribution in [3.63, 3.8) is 0 Å². The number of nitrogens with one attached hydrogen (secondary N) is 1. The van der Waals surface area contributed by atoms with Gasteiger partial charge in [-0.15, -0.1) is 0 Å². The maximum Gasteiger partial charge on any atom is 0.253 e. The van der Waals surface area contributed by atoms with Gasteiger partial charge in [-0.3, -0.25) is 4.79 Å². The van der Waals surface area contributed by atoms with Gasteiger partial charge in [-0.2, -0.15) is 0 Å². The number of rotatable bonds is 3. The summed E-state index contributed by atoms with van der Waals surface area (Å²) in [5, 5.41) is 13.6. The molecule has 0 radical (unpaired) electrons. The Morgan fingerprint density at radius 3 is 2.76 bits per heavy atom. The molecule has 2 aliphatic rings. The zero-order chi connectivity index (χ0) is 18.1. The van der Waals surface area contributed by atoms with Crippen LogP contribution in [0.15, 0.2) is 24.3 Å². The van der Waals surface area contributed by atoms with Gasteiger partial charge in [0.2, 0.25) is 0 Å². The molecule has 138 valence electrons. The molecule has 1 amide bonds. The molecule has 1 spiro atoms. The summed E-state index contributed by atoms with van der Waals surface area (Å²) in [6, 6.07) is 7.27. The number of amides is 1. The lowest BCUT2D eigenvalue weighted by molar-refractivity contribution is -0.189. The van der Waals surface area contributed by atoms with Crippen LogP contribution in [-0.2, 0) is 4.74 Å². The first-order valence-corrected chi connectivity index (χ1v) is 8.86. The van der Waals surface area contributed by atoms with Crippen molar-refractivity contribution in [3.05, 3.63) is 29.8 Å². The fourth-order valence-electron chi connectivity index (χ4n) is 3.87. The number of likely N-dealkylation sites (tertiary alicyclic amines) is 1. The van der Waals surface area contributed by atoms with Gasteiger partial charge >= 0.3 is 0 Å². The second kappa shape index (κ2) is 6.94. The number of carbonyl (C=O) groups excluding carboxylic acids is 1. The van der Waals surface area contributed by atoms with Gasteiger partial charge in [0.1, 0.15) is 11.4 Å². The van der Waals surface area contributed by atoms with Gasteiger partial charge in [-0.05, 0) is 51.4 Å². The van der Waals surface area contributed by atoms with Crippen LogP contribution in [0, 0.1) is 0 Å². The molecule has 1 aromatic rings. The van der Waals surface area contributed by atoms with Gasteiger partial charge in [-0.25, -0.2) is 0 Å². The van der Waals surface area contributed by atoms with E-state index in [0.29, 0.717) is 31.0 Å². The zero-order valence-electron chi connectivity index (χ0n) is 15.2. The van der Waals surface area contributed by atoms with Crippen molar-refractivity contribution in [1.29, 1.82) is 0 Å². The Bertz CT molecular complexity index is 624. The molecule has 2 atom stereocenters. The number of carbonyl (C=O) groups is 1. The van der Waals surface area contributed by atoms with Crippen LogP contribution in [0.1, 0.15) is 36.5 Å². The molecule has 2 N–H and O–H groups in total. The molecular formula is C19H28N2O4. The van der Waals surface area contributed by atoms with Crippen LogP contribution < -0.4 is 10.1 Å². The van der Waals surface area contributed by atoms with Crippen LogP contribution in [0.2, 0.25) is 0 Å². The van der Waals surface area contributed by atoms with Gasteiger partial charge in [0.15, 0.2) is 0 Å². The third kappa shape index (κ3) is 3.66. The number of likely N-dealkylation sites (N-methyl/N-ethyl adjacent to an activating group) is 1. The molecule has 25 heavy (non-hydrogen) atoms. The SMILES string of the molecule is CN[C@H]1CC2(CCN(C(=O)c3cccc(OC)c3)CC2)OC[C@]1(C)O. The number of aliphatic hydroxyl groups is 1. The summed E-state index contributed by atoms with van der Waals surface area (Å²) >= 11 is 0. The molecule has 6 nitrogen and oxygen atoms in total. The lowest BCUT2D eigenvalue weighted by Crippen LogP contribution is -2.62. The zero-order valence-corrected chi connectivity index (χ0v) is 15.2. The number of methoxy groups -OCH3 is 1. The maximum absolute atomic E-state index is 12.7. The highest BCUT2D eigenvalue weighted by Gasteiger charge is 2.48. The van der Waals surface area contributed by atoms with Gasteiger partial charge < -0.3 is 24.8 Å². The van der Waals surface area contributed by atoms with Gasteiger partial charge in [0, 0.05) is 24.7 Å². The van der Waals surface area contributed by atoms with Crippen molar-refractivity contribution >= 4 is 5.91 Å². The smallest absolute Gasteiger partial charge is 0.253 e. The summed E-state index contributed by atoms with van der Waals surface area (Å²) in [6.07, 6.45) is 2.34. The minimum atomic E-state index is -0.854. The number of hydrogen-bond donors (Lipinski definition) is 2. The highest BCUT2D eigenvalue weighted by molar-refractivity contribution is 5.94. The molecule has 0 saturated carbocycles. The fourth-order valence-corrected chi connectivity index (χ4v) is 3.87. The predicted molar refractivity (Wildman–Crippen MR) is 94.9 cm³/mol. The van der Waals surface area contributed by atoms with Crippen LogP contribution in [0.25, 0.3) is 0 Å². The van der Waals surface area contributed by atoms with Gasteiger partial charge in [-0.1, -0.05) is 6.07 Å². The van der Waals surface area contributed by atoms with Crippen LogP contribution in [0.5, 0.6) is 5.75 Å². The summed E-state index contributed by atoms with van der Waals surface area (Å²) < 4.78 is 11.3. The molecule has 0 bridgehead atoms. The standard InChI is InChI=1S/C19H28N2O4/c1-18(23)13-25-19(12-16(18)20-2)7-9-21(10-8-19)17(22)14-5-4-6-15(11-14)24-3/h4-6,11,16,20,23H,7-10,12-13H2,1-3H3/t16-,18-/m0/s1. The molecule has 2 saturated heterocycles. The van der Waals surface area contributed by atoms with Crippen molar-refractivity contribution in [2.24, 2.45) is 0 Å². The first-order valence-electron chi connectivity index (χ1n) is 8.86. The van der Waals surface area contributed by atoms with Gasteiger partial charge in [0.25, 0.3) is 5.91 Å². The molecule has 0 aliphatic carbocycles. The van der Waals surface area contributed by atoms with E-state index in [9.17, 15) is 9.90 Å². The van der Waals surface area contributed by atoms with Crippen LogP contribution in [-0.4, -0.2) is 67.0 Å². The second-order valence-corrected chi connectivity index (χ2v) is 7.40. The Morgan fingerprint density at radius 2 is 2.12 bits per heavy atom. The van der Waals surface area contributed by atoms with E-state index >= 15 is 0 Å². The van der Waals surface area contributed by atoms with Crippen molar-refractivity contribution in [2.45, 2.75) is 43.4 Å². The summed E-state index contributed by atoms with van der Waals surface area (Å²) in [5.41, 5.74) is -0.454. The van der Waals surface area contributed by atoms with Crippen LogP contribution in [0.3, 0.4) is 0 Å². The Morgan fingerprint density at radius 1 is 1.40 bits per heavy atom. The normalized spacial score (nSPS) is 28.8. The number of nitrogens with zero attached hydrogens (tertiary/aromatic N) is 1. The summed E-state index contributed by atoms with van der Waals surface area (Å²) in [4.78, 5) is 14.6. The molecule has 2 heterocycles. The van der Waals surface area contributed by atoms with Crippen LogP contribution in [0.4, 0.5) is 0 Å². The number of benzene rings is 1. The maximum atomic E-state index is 12.7. The first kappa shape index (κ1) is 18.2. The van der Waals surface area contributed by atoms with E-state index in [2.05, 4.69) is 5.32 Å². The molecule has 2 fully saturated rings. The molecule has 2 aliphatic heterocycles. The fraction of sp³-hybridized carbons (Fsp3) is 0.632. The third-order valence-electron chi connectivity index (χ3n) is 5.62. The van der Waals surface area contributed by atoms with Crippen molar-refractivity contribution in [1.82, 2.24) is 10.2 Å². The summed E-state index contributed by atoms with van der Waals surface area (Å²) in [6.45, 7) is 3.45. The van der Waals surface area contributed by atoms with E-state index in [1.807, 2.05) is 37.1 Å². The molecule has 1 aromatic carbocycles. The van der Waals surface area contributed by atoms with Crippen LogP contribution >= 0.6 is 0 Å². The quantitative estimate of drug-likeness (QED) is 0.865. The van der Waals surface area contributed by atoms with E-state index in [4.69, 9.17) is 9.47 Å². The number of hydrogen-bond acceptors (Lipinski definition) is 5. The number of piperidine rings is 1. The minimum absolute atomic E-state index is 0.00175. The Labute approximate surface area is 149 Å². The Hall–Kier alpha value is -1.63. The van der Waals surface area contributed by atoms with Crippen molar-refractivity contribution in [3.8, 4) is 5.75 Å². The monoisotopic (exact) mass is 348 g/mol. The molecular weight excluding hydrogens is 320 g/mol. The highest BCUT2D eigenvalue weighted by Crippen LogP contribution is 2.38. The van der Waals surface area contributed by atoms with E-state index in [1.165, 1.54) is 0 Å². The van der Waals surface area contributed by atoms with E-state index < -0.39 is 5.60 Å². The third-order valence-corrected chi connectivity index (χ3v) is 5.62. The minimum Gasteiger partial charge on any atom is -0.497 e. The largest absolute Gasteiger partial charge is 0.497 e. The average Bonchev–Trinajstić information content (AvgIpc) is 2.64. The molecule has 0 unspecified atom stereocenters. The predicted octanol–water partition coefficient (Wildman–Crippen LogP) is 1.43. The molecule has 6 heteroatoms. The second-order valence-electron chi connectivity index (χ2n) is 7.40. The molecule has 0 aromatic heterocycles.